The molecule has 1 fully saturated rings. The predicted molar refractivity (Wildman–Crippen MR) is 106 cm³/mol. The van der Waals surface area contributed by atoms with E-state index < -0.39 is 0 Å². The number of hydrogen-bond acceptors (Lipinski definition) is 5. The minimum absolute atomic E-state index is 0.0651. The lowest BCUT2D eigenvalue weighted by Gasteiger charge is -2.33. The van der Waals surface area contributed by atoms with E-state index in [4.69, 9.17) is 17.0 Å². The summed E-state index contributed by atoms with van der Waals surface area (Å²) >= 11 is 7.18. The van der Waals surface area contributed by atoms with E-state index in [-0.39, 0.29) is 5.78 Å². The van der Waals surface area contributed by atoms with Crippen molar-refractivity contribution in [1.82, 2.24) is 19.9 Å². The lowest BCUT2D eigenvalue weighted by atomic mass is 10.1. The number of ketones is 1. The van der Waals surface area contributed by atoms with Crippen LogP contribution >= 0.6 is 22.9 Å². The van der Waals surface area contributed by atoms with Gasteiger partial charge in [0.1, 0.15) is 5.84 Å². The van der Waals surface area contributed by atoms with Crippen LogP contribution in [0, 0.1) is 5.41 Å². The molecular formula is C19H18ClN5OS. The normalized spacial score (nSPS) is 13.4. The third-order valence-corrected chi connectivity index (χ3v) is 5.85. The number of nitrogens with one attached hydrogen (secondary N) is 1. The molecule has 6 nitrogen and oxygen atoms in total. The lowest BCUT2D eigenvalue weighted by Crippen LogP contribution is -2.42. The fraction of sp³-hybridized carbons (Fsp3) is 0.263. The Morgan fingerprint density at radius 3 is 2.59 bits per heavy atom. The summed E-state index contributed by atoms with van der Waals surface area (Å²) in [6.07, 6.45) is 3.90. The Balaban J connectivity index is 1.38. The molecule has 3 aromatic rings. The third-order valence-electron chi connectivity index (χ3n) is 4.57. The molecule has 2 aromatic heterocycles. The molecule has 1 N–H and O–H groups in total. The van der Waals surface area contributed by atoms with Crippen LogP contribution in [-0.2, 0) is 6.42 Å². The third kappa shape index (κ3) is 3.94. The Morgan fingerprint density at radius 2 is 1.96 bits per heavy atom. The van der Waals surface area contributed by atoms with E-state index >= 15 is 0 Å². The van der Waals surface area contributed by atoms with Crippen LogP contribution in [-0.4, -0.2) is 44.6 Å². The van der Waals surface area contributed by atoms with Crippen LogP contribution in [0.3, 0.4) is 0 Å². The highest BCUT2D eigenvalue weighted by molar-refractivity contribution is 7.18. The average molecular weight is 400 g/mol. The zero-order chi connectivity index (χ0) is 18.8. The number of nitrogens with zero attached hydrogens (tertiary/aromatic N) is 4. The second-order valence-electron chi connectivity index (χ2n) is 6.42. The van der Waals surface area contributed by atoms with E-state index in [1.807, 2.05) is 30.5 Å². The zero-order valence-corrected chi connectivity index (χ0v) is 16.1. The first-order valence-electron chi connectivity index (χ1n) is 8.74. The highest BCUT2D eigenvalue weighted by Crippen LogP contribution is 2.23. The molecule has 0 aliphatic carbocycles. The summed E-state index contributed by atoms with van der Waals surface area (Å²) in [6.45, 7) is 1.92. The van der Waals surface area contributed by atoms with E-state index in [1.54, 1.807) is 16.8 Å². The van der Waals surface area contributed by atoms with Gasteiger partial charge in [-0.25, -0.2) is 4.68 Å². The van der Waals surface area contributed by atoms with Crippen LogP contribution in [0.1, 0.15) is 33.8 Å². The van der Waals surface area contributed by atoms with Gasteiger partial charge in [-0.3, -0.25) is 10.2 Å². The Hall–Kier alpha value is -2.51. The number of aromatic nitrogens is 3. The van der Waals surface area contributed by atoms with Crippen molar-refractivity contribution in [2.24, 2.45) is 0 Å². The number of carbonyl (C=O) groups excluding carboxylic acids is 1. The van der Waals surface area contributed by atoms with Gasteiger partial charge >= 0.3 is 0 Å². The fourth-order valence-corrected chi connectivity index (χ4v) is 3.87. The monoisotopic (exact) mass is 399 g/mol. The highest BCUT2D eigenvalue weighted by atomic mass is 35.5. The van der Waals surface area contributed by atoms with Gasteiger partial charge in [0.2, 0.25) is 0 Å². The first-order chi connectivity index (χ1) is 13.1. The minimum Gasteiger partial charge on any atom is -0.356 e. The number of aryl methyl sites for hydroxylation is 1. The summed E-state index contributed by atoms with van der Waals surface area (Å²) < 4.78 is 2.31. The molecule has 1 aromatic carbocycles. The highest BCUT2D eigenvalue weighted by Gasteiger charge is 2.18. The quantitative estimate of drug-likeness (QED) is 0.388. The second-order valence-corrected chi connectivity index (χ2v) is 8.13. The molecule has 0 radical (unpaired) electrons. The summed E-state index contributed by atoms with van der Waals surface area (Å²) in [6, 6.07) is 11.2. The number of rotatable bonds is 6. The van der Waals surface area contributed by atoms with Crippen molar-refractivity contribution >= 4 is 34.6 Å². The molecule has 0 bridgehead atoms. The predicted octanol–water partition coefficient (Wildman–Crippen LogP) is 3.83. The molecule has 8 heteroatoms. The van der Waals surface area contributed by atoms with Crippen molar-refractivity contribution in [2.45, 2.75) is 19.3 Å². The smallest absolute Gasteiger partial charge is 0.173 e. The van der Waals surface area contributed by atoms with Gasteiger partial charge in [0.05, 0.1) is 26.8 Å². The van der Waals surface area contributed by atoms with Crippen LogP contribution in [0.5, 0.6) is 0 Å². The molecule has 138 valence electrons. The largest absolute Gasteiger partial charge is 0.356 e. The maximum atomic E-state index is 12.2. The average Bonchev–Trinajstić information content (AvgIpc) is 3.27. The number of amidine groups is 1. The number of Topliss-reactive ketones (excluding diaryl/α,β-unsaturated/α-hetero) is 1. The standard InChI is InChI=1S/C19H18ClN5OS/c20-18-9-8-17(27-18)16(26)7-4-14-12-25(23-22-14)15-5-2-13(3-6-15)19(21)24-10-1-11-24/h2-3,5-6,8-9,12,21H,1,4,7,10-11H2. The Bertz CT molecular complexity index is 974. The van der Waals surface area contributed by atoms with Gasteiger partial charge in [-0.15, -0.1) is 16.4 Å². The fourth-order valence-electron chi connectivity index (χ4n) is 2.86. The van der Waals surface area contributed by atoms with Gasteiger partial charge in [-0.1, -0.05) is 16.8 Å². The molecule has 3 heterocycles. The van der Waals surface area contributed by atoms with Gasteiger partial charge in [0.15, 0.2) is 5.78 Å². The Labute approximate surface area is 165 Å². The van der Waals surface area contributed by atoms with Gasteiger partial charge in [0.25, 0.3) is 0 Å². The SMILES string of the molecule is N=C(c1ccc(-n2cc(CCC(=O)c3ccc(Cl)s3)nn2)cc1)N1CCC1. The molecule has 1 aliphatic heterocycles. The molecule has 1 saturated heterocycles. The lowest BCUT2D eigenvalue weighted by molar-refractivity contribution is 0.0986. The summed E-state index contributed by atoms with van der Waals surface area (Å²) in [4.78, 5) is 14.9. The van der Waals surface area contributed by atoms with Crippen LogP contribution in [0.15, 0.2) is 42.6 Å². The minimum atomic E-state index is 0.0651. The van der Waals surface area contributed by atoms with Crippen LogP contribution in [0.25, 0.3) is 5.69 Å². The van der Waals surface area contributed by atoms with Gasteiger partial charge in [-0.05, 0) is 42.8 Å². The van der Waals surface area contributed by atoms with E-state index in [1.165, 1.54) is 11.3 Å². The first-order valence-corrected chi connectivity index (χ1v) is 9.94. The van der Waals surface area contributed by atoms with E-state index in [9.17, 15) is 4.79 Å². The van der Waals surface area contributed by atoms with Crippen LogP contribution in [0.2, 0.25) is 4.34 Å². The molecule has 0 unspecified atom stereocenters. The summed E-state index contributed by atoms with van der Waals surface area (Å²) in [7, 11) is 0. The number of likely N-dealkylation sites (tertiary alicyclic amines) is 1. The molecule has 0 atom stereocenters. The van der Waals surface area contributed by atoms with Crippen molar-refractivity contribution < 1.29 is 4.79 Å². The summed E-state index contributed by atoms with van der Waals surface area (Å²) in [5, 5.41) is 16.5. The van der Waals surface area contributed by atoms with E-state index in [2.05, 4.69) is 15.2 Å². The number of halogens is 1. The van der Waals surface area contributed by atoms with E-state index in [0.29, 0.717) is 27.9 Å². The Kier molecular flexibility index (Phi) is 5.05. The Morgan fingerprint density at radius 1 is 1.19 bits per heavy atom. The summed E-state index contributed by atoms with van der Waals surface area (Å²) in [5.41, 5.74) is 2.55. The number of thiophene rings is 1. The molecule has 0 amide bonds. The van der Waals surface area contributed by atoms with Crippen LogP contribution < -0.4 is 0 Å². The second kappa shape index (κ2) is 7.62. The van der Waals surface area contributed by atoms with Gasteiger partial charge < -0.3 is 4.90 Å². The number of hydrogen-bond donors (Lipinski definition) is 1. The van der Waals surface area contributed by atoms with Crippen molar-refractivity contribution in [1.29, 1.82) is 5.41 Å². The van der Waals surface area contributed by atoms with E-state index in [0.717, 1.165) is 36.5 Å². The first kappa shape index (κ1) is 17.9. The maximum Gasteiger partial charge on any atom is 0.173 e. The molecule has 0 spiro atoms. The summed E-state index contributed by atoms with van der Waals surface area (Å²) in [5.74, 6) is 0.634. The number of carbonyl (C=O) groups is 1. The van der Waals surface area contributed by atoms with Crippen molar-refractivity contribution in [3.8, 4) is 5.69 Å². The number of benzene rings is 1. The van der Waals surface area contributed by atoms with Crippen LogP contribution in [0.4, 0.5) is 0 Å². The zero-order valence-electron chi connectivity index (χ0n) is 14.6. The van der Waals surface area contributed by atoms with Crippen molar-refractivity contribution in [3.05, 3.63) is 63.1 Å². The van der Waals surface area contributed by atoms with Gasteiger partial charge in [-0.2, -0.15) is 0 Å². The molecule has 27 heavy (non-hydrogen) atoms. The van der Waals surface area contributed by atoms with Crippen molar-refractivity contribution in [3.63, 3.8) is 0 Å². The molecular weight excluding hydrogens is 382 g/mol. The van der Waals surface area contributed by atoms with Crippen molar-refractivity contribution in [2.75, 3.05) is 13.1 Å². The van der Waals surface area contributed by atoms with Gasteiger partial charge in [0, 0.05) is 31.5 Å². The topological polar surface area (TPSA) is 74.9 Å². The maximum absolute atomic E-state index is 12.2. The molecule has 1 aliphatic rings. The molecule has 0 saturated carbocycles. The molecule has 4 rings (SSSR count).